The molecule has 3 aromatic carbocycles. The quantitative estimate of drug-likeness (QED) is 0.276. The summed E-state index contributed by atoms with van der Waals surface area (Å²) in [5.41, 5.74) is 3.84. The van der Waals surface area contributed by atoms with Crippen molar-refractivity contribution in [2.24, 2.45) is 0 Å². The molecule has 4 rings (SSSR count). The molecule has 1 N–H and O–H groups in total. The number of benzene rings is 3. The molecule has 0 saturated carbocycles. The summed E-state index contributed by atoms with van der Waals surface area (Å²) in [6.07, 6.45) is 0.929. The highest BCUT2D eigenvalue weighted by Crippen LogP contribution is 2.29. The first kappa shape index (κ1) is 23.2. The van der Waals surface area contributed by atoms with Crippen LogP contribution in [0.15, 0.2) is 90.3 Å². The Hall–Kier alpha value is -2.99. The van der Waals surface area contributed by atoms with Gasteiger partial charge in [0.1, 0.15) is 5.01 Å². The molecule has 0 atom stereocenters. The molecule has 0 aliphatic carbocycles. The van der Waals surface area contributed by atoms with E-state index in [4.69, 9.17) is 11.6 Å². The third kappa shape index (κ3) is 6.51. The van der Waals surface area contributed by atoms with Gasteiger partial charge >= 0.3 is 5.97 Å². The highest BCUT2D eigenvalue weighted by atomic mass is 35.5. The van der Waals surface area contributed by atoms with Gasteiger partial charge in [0, 0.05) is 22.9 Å². The number of nitrogens with zero attached hydrogens (tertiary/aromatic N) is 2. The van der Waals surface area contributed by atoms with Crippen molar-refractivity contribution in [3.05, 3.63) is 123 Å². The zero-order chi connectivity index (χ0) is 23.0. The third-order valence-corrected chi connectivity index (χ3v) is 6.67. The van der Waals surface area contributed by atoms with Gasteiger partial charge < -0.3 is 5.11 Å². The monoisotopic (exact) mass is 476 g/mol. The molecule has 1 aromatic heterocycles. The molecule has 0 unspecified atom stereocenters. The number of carbonyl (C=O) groups is 1. The maximum absolute atomic E-state index is 11.3. The molecule has 0 radical (unpaired) electrons. The van der Waals surface area contributed by atoms with Crippen LogP contribution in [-0.4, -0.2) is 27.5 Å². The van der Waals surface area contributed by atoms with E-state index >= 15 is 0 Å². The predicted octanol–water partition coefficient (Wildman–Crippen LogP) is 6.72. The number of carboxylic acids is 1. The number of thiazole rings is 1. The van der Waals surface area contributed by atoms with E-state index in [1.807, 2.05) is 36.4 Å². The second-order valence-corrected chi connectivity index (χ2v) is 9.31. The first-order valence-corrected chi connectivity index (χ1v) is 12.1. The van der Waals surface area contributed by atoms with Gasteiger partial charge in [-0.2, -0.15) is 0 Å². The van der Waals surface area contributed by atoms with Gasteiger partial charge in [0.15, 0.2) is 5.69 Å². The van der Waals surface area contributed by atoms with Crippen LogP contribution < -0.4 is 0 Å². The van der Waals surface area contributed by atoms with Crippen molar-refractivity contribution in [2.75, 3.05) is 6.54 Å². The number of rotatable bonds is 10. The summed E-state index contributed by atoms with van der Waals surface area (Å²) in [4.78, 5) is 17.9. The smallest absolute Gasteiger partial charge is 0.355 e. The number of aromatic nitrogens is 1. The number of carboxylic acid groups (broad SMARTS) is 1. The largest absolute Gasteiger partial charge is 0.476 e. The molecule has 0 saturated heterocycles. The molecule has 0 fully saturated rings. The minimum Gasteiger partial charge on any atom is -0.476 e. The molecule has 0 aliphatic heterocycles. The molecule has 4 aromatic rings. The Morgan fingerprint density at radius 1 is 0.909 bits per heavy atom. The first-order chi connectivity index (χ1) is 16.1. The van der Waals surface area contributed by atoms with Crippen molar-refractivity contribution in [3.63, 3.8) is 0 Å². The van der Waals surface area contributed by atoms with Crippen LogP contribution in [-0.2, 0) is 13.1 Å². The molecule has 0 bridgehead atoms. The Bertz CT molecular complexity index is 1120. The SMILES string of the molecule is O=C(O)c1csc(CN(CCC(c2ccccc2)c2ccccc2)Cc2ccc(Cl)cc2)n1. The molecule has 6 heteroatoms. The van der Waals surface area contributed by atoms with Crippen LogP contribution in [0.1, 0.15) is 44.5 Å². The van der Waals surface area contributed by atoms with Crippen molar-refractivity contribution in [1.82, 2.24) is 9.88 Å². The van der Waals surface area contributed by atoms with E-state index in [9.17, 15) is 9.90 Å². The van der Waals surface area contributed by atoms with Crippen LogP contribution >= 0.6 is 22.9 Å². The lowest BCUT2D eigenvalue weighted by Crippen LogP contribution is -2.25. The lowest BCUT2D eigenvalue weighted by molar-refractivity contribution is 0.0691. The molecule has 0 amide bonds. The number of aromatic carboxylic acids is 1. The van der Waals surface area contributed by atoms with Gasteiger partial charge in [-0.3, -0.25) is 4.90 Å². The van der Waals surface area contributed by atoms with Crippen LogP contribution in [0.25, 0.3) is 0 Å². The lowest BCUT2D eigenvalue weighted by atomic mass is 9.88. The first-order valence-electron chi connectivity index (χ1n) is 10.8. The normalized spacial score (nSPS) is 11.2. The van der Waals surface area contributed by atoms with Gasteiger partial charge in [0.25, 0.3) is 0 Å². The number of hydrogen-bond donors (Lipinski definition) is 1. The van der Waals surface area contributed by atoms with E-state index in [1.165, 1.54) is 22.5 Å². The van der Waals surface area contributed by atoms with Crippen LogP contribution in [0.3, 0.4) is 0 Å². The zero-order valence-corrected chi connectivity index (χ0v) is 19.7. The van der Waals surface area contributed by atoms with Crippen molar-refractivity contribution in [1.29, 1.82) is 0 Å². The van der Waals surface area contributed by atoms with Crippen molar-refractivity contribution < 1.29 is 9.90 Å². The molecule has 168 valence electrons. The van der Waals surface area contributed by atoms with E-state index in [2.05, 4.69) is 58.4 Å². The number of hydrogen-bond acceptors (Lipinski definition) is 4. The van der Waals surface area contributed by atoms with E-state index in [0.717, 1.165) is 30.1 Å². The summed E-state index contributed by atoms with van der Waals surface area (Å²) in [5, 5.41) is 12.4. The summed E-state index contributed by atoms with van der Waals surface area (Å²) in [6.45, 7) is 2.16. The van der Waals surface area contributed by atoms with Crippen molar-refractivity contribution in [3.8, 4) is 0 Å². The lowest BCUT2D eigenvalue weighted by Gasteiger charge is -2.25. The maximum Gasteiger partial charge on any atom is 0.355 e. The predicted molar refractivity (Wildman–Crippen MR) is 134 cm³/mol. The summed E-state index contributed by atoms with van der Waals surface area (Å²) in [6, 6.07) is 29.0. The Morgan fingerprint density at radius 3 is 2.06 bits per heavy atom. The summed E-state index contributed by atoms with van der Waals surface area (Å²) < 4.78 is 0. The Labute approximate surface area is 203 Å². The van der Waals surface area contributed by atoms with Crippen molar-refractivity contribution in [2.45, 2.75) is 25.4 Å². The van der Waals surface area contributed by atoms with Crippen LogP contribution in [0, 0.1) is 0 Å². The average Bonchev–Trinajstić information content (AvgIpc) is 3.31. The second kappa shape index (κ2) is 11.2. The maximum atomic E-state index is 11.3. The van der Waals surface area contributed by atoms with Crippen LogP contribution in [0.2, 0.25) is 5.02 Å². The van der Waals surface area contributed by atoms with E-state index in [1.54, 1.807) is 5.38 Å². The van der Waals surface area contributed by atoms with Crippen LogP contribution in [0.5, 0.6) is 0 Å². The molecule has 0 spiro atoms. The fraction of sp³-hybridized carbons (Fsp3) is 0.185. The highest BCUT2D eigenvalue weighted by Gasteiger charge is 2.18. The average molecular weight is 477 g/mol. The fourth-order valence-corrected chi connectivity index (χ4v) is 4.88. The summed E-state index contributed by atoms with van der Waals surface area (Å²) in [5.74, 6) is -0.721. The fourth-order valence-electron chi connectivity index (χ4n) is 3.94. The van der Waals surface area contributed by atoms with Gasteiger partial charge in [-0.25, -0.2) is 9.78 Å². The Balaban J connectivity index is 1.55. The highest BCUT2D eigenvalue weighted by molar-refractivity contribution is 7.09. The zero-order valence-electron chi connectivity index (χ0n) is 18.1. The molecular formula is C27H25ClN2O2S. The van der Waals surface area contributed by atoms with E-state index in [-0.39, 0.29) is 11.6 Å². The van der Waals surface area contributed by atoms with Crippen molar-refractivity contribution >= 4 is 28.9 Å². The minimum atomic E-state index is -0.991. The van der Waals surface area contributed by atoms with Gasteiger partial charge in [-0.15, -0.1) is 11.3 Å². The third-order valence-electron chi connectivity index (χ3n) is 5.59. The molecular weight excluding hydrogens is 452 g/mol. The minimum absolute atomic E-state index is 0.105. The standard InChI is InChI=1S/C27H25ClN2O2S/c28-23-13-11-20(12-14-23)17-30(18-26-29-25(19-33-26)27(31)32)16-15-24(21-7-3-1-4-8-21)22-9-5-2-6-10-22/h1-14,19,24H,15-18H2,(H,31,32). The Kier molecular flexibility index (Phi) is 7.89. The molecule has 4 nitrogen and oxygen atoms in total. The van der Waals surface area contributed by atoms with Gasteiger partial charge in [-0.1, -0.05) is 84.4 Å². The second-order valence-electron chi connectivity index (χ2n) is 7.93. The van der Waals surface area contributed by atoms with Gasteiger partial charge in [0.2, 0.25) is 0 Å². The Morgan fingerprint density at radius 2 is 1.52 bits per heavy atom. The molecule has 0 aliphatic rings. The van der Waals surface area contributed by atoms with Gasteiger partial charge in [0.05, 0.1) is 6.54 Å². The topological polar surface area (TPSA) is 53.4 Å². The molecule has 1 heterocycles. The van der Waals surface area contributed by atoms with E-state index in [0.29, 0.717) is 11.6 Å². The summed E-state index contributed by atoms with van der Waals surface area (Å²) >= 11 is 7.46. The van der Waals surface area contributed by atoms with Gasteiger partial charge in [-0.05, 0) is 41.8 Å². The summed E-state index contributed by atoms with van der Waals surface area (Å²) in [7, 11) is 0. The van der Waals surface area contributed by atoms with E-state index < -0.39 is 5.97 Å². The van der Waals surface area contributed by atoms with Crippen LogP contribution in [0.4, 0.5) is 0 Å². The number of halogens is 1. The molecule has 33 heavy (non-hydrogen) atoms.